The number of ether oxygens (including phenoxy) is 1. The van der Waals surface area contributed by atoms with Gasteiger partial charge in [-0.05, 0) is 37.8 Å². The first-order chi connectivity index (χ1) is 15.8. The van der Waals surface area contributed by atoms with Gasteiger partial charge in [0.05, 0.1) is 17.6 Å². The molecule has 2 amide bonds. The number of piperidine rings is 1. The van der Waals surface area contributed by atoms with Crippen LogP contribution in [-0.2, 0) is 24.3 Å². The predicted molar refractivity (Wildman–Crippen MR) is 122 cm³/mol. The Morgan fingerprint density at radius 2 is 1.45 bits per heavy atom. The van der Waals surface area contributed by atoms with Crippen LogP contribution in [0, 0.1) is 11.8 Å². The minimum Gasteiger partial charge on any atom is -0.465 e. The maximum Gasteiger partial charge on any atom is 0.339 e. The molecule has 2 aliphatic rings. The molecule has 1 saturated carbocycles. The highest BCUT2D eigenvalue weighted by Crippen LogP contribution is 2.26. The molecule has 1 heterocycles. The molecule has 3 rings (SSSR count). The summed E-state index contributed by atoms with van der Waals surface area (Å²) in [6.07, 6.45) is 6.03. The van der Waals surface area contributed by atoms with Crippen LogP contribution in [0.1, 0.15) is 55.3 Å². The largest absolute Gasteiger partial charge is 0.465 e. The third-order valence-electron chi connectivity index (χ3n) is 6.43. The standard InChI is InChI=1S/C23H33N3O6S/c1-32-23(29)19-9-5-6-10-20(19)33(30,31)26-15-11-18(12-16-26)22(28)25-14-13-24-21(27)17-7-3-2-4-8-17/h5-6,9-10,17-18H,2-4,7-8,11-16H2,1H3,(H,24,27)(H,25,28). The zero-order valence-electron chi connectivity index (χ0n) is 19.0. The number of sulfonamides is 1. The van der Waals surface area contributed by atoms with E-state index in [1.165, 1.54) is 30.0 Å². The molecule has 1 aliphatic heterocycles. The smallest absolute Gasteiger partial charge is 0.339 e. The van der Waals surface area contributed by atoms with E-state index in [1.807, 2.05) is 0 Å². The molecule has 0 spiro atoms. The van der Waals surface area contributed by atoms with Crippen LogP contribution in [0.5, 0.6) is 0 Å². The zero-order valence-corrected chi connectivity index (χ0v) is 19.9. The Bertz CT molecular complexity index is 951. The van der Waals surface area contributed by atoms with E-state index in [0.29, 0.717) is 25.9 Å². The summed E-state index contributed by atoms with van der Waals surface area (Å²) in [5, 5.41) is 5.74. The van der Waals surface area contributed by atoms with Gasteiger partial charge in [0.25, 0.3) is 0 Å². The molecule has 0 radical (unpaired) electrons. The predicted octanol–water partition coefficient (Wildman–Crippen LogP) is 1.69. The summed E-state index contributed by atoms with van der Waals surface area (Å²) in [6, 6.07) is 5.96. The van der Waals surface area contributed by atoms with Gasteiger partial charge in [0.1, 0.15) is 0 Å². The maximum atomic E-state index is 13.1. The summed E-state index contributed by atoms with van der Waals surface area (Å²) in [5.41, 5.74) is -0.00450. The monoisotopic (exact) mass is 479 g/mol. The lowest BCUT2D eigenvalue weighted by Crippen LogP contribution is -2.44. The molecular formula is C23H33N3O6S. The topological polar surface area (TPSA) is 122 Å². The van der Waals surface area contributed by atoms with Crippen molar-refractivity contribution in [3.8, 4) is 0 Å². The van der Waals surface area contributed by atoms with Crippen LogP contribution in [0.15, 0.2) is 29.2 Å². The maximum absolute atomic E-state index is 13.1. The Hall–Kier alpha value is -2.46. The molecule has 1 aromatic carbocycles. The van der Waals surface area contributed by atoms with Crippen LogP contribution in [0.4, 0.5) is 0 Å². The van der Waals surface area contributed by atoms with Gasteiger partial charge in [-0.1, -0.05) is 31.4 Å². The Labute approximate surface area is 195 Å². The summed E-state index contributed by atoms with van der Waals surface area (Å²) in [4.78, 5) is 36.6. The average molecular weight is 480 g/mol. The van der Waals surface area contributed by atoms with Gasteiger partial charge in [0.15, 0.2) is 0 Å². The number of esters is 1. The molecule has 0 unspecified atom stereocenters. The van der Waals surface area contributed by atoms with Crippen molar-refractivity contribution in [2.24, 2.45) is 11.8 Å². The summed E-state index contributed by atoms with van der Waals surface area (Å²) < 4.78 is 32.2. The van der Waals surface area contributed by atoms with E-state index in [9.17, 15) is 22.8 Å². The van der Waals surface area contributed by atoms with E-state index >= 15 is 0 Å². The summed E-state index contributed by atoms with van der Waals surface area (Å²) in [6.45, 7) is 1.11. The Morgan fingerprint density at radius 1 is 0.909 bits per heavy atom. The highest BCUT2D eigenvalue weighted by atomic mass is 32.2. The number of nitrogens with zero attached hydrogens (tertiary/aromatic N) is 1. The molecule has 10 heteroatoms. The molecule has 33 heavy (non-hydrogen) atoms. The van der Waals surface area contributed by atoms with Crippen molar-refractivity contribution in [1.29, 1.82) is 0 Å². The zero-order chi connectivity index (χ0) is 23.8. The van der Waals surface area contributed by atoms with Crippen molar-refractivity contribution in [1.82, 2.24) is 14.9 Å². The van der Waals surface area contributed by atoms with E-state index in [1.54, 1.807) is 12.1 Å². The average Bonchev–Trinajstić information content (AvgIpc) is 2.86. The third kappa shape index (κ3) is 6.32. The van der Waals surface area contributed by atoms with Crippen LogP contribution in [-0.4, -0.2) is 63.8 Å². The molecule has 2 fully saturated rings. The fourth-order valence-electron chi connectivity index (χ4n) is 4.49. The van der Waals surface area contributed by atoms with E-state index in [0.717, 1.165) is 25.7 Å². The SMILES string of the molecule is COC(=O)c1ccccc1S(=O)(=O)N1CCC(C(=O)NCCNC(=O)C2CCCCC2)CC1. The number of rotatable bonds is 8. The van der Waals surface area contributed by atoms with E-state index in [-0.39, 0.29) is 47.2 Å². The molecule has 2 N–H and O–H groups in total. The molecule has 9 nitrogen and oxygen atoms in total. The fourth-order valence-corrected chi connectivity index (χ4v) is 6.14. The van der Waals surface area contributed by atoms with Crippen molar-refractivity contribution >= 4 is 27.8 Å². The number of amides is 2. The van der Waals surface area contributed by atoms with Crippen LogP contribution in [0.3, 0.4) is 0 Å². The Balaban J connectivity index is 1.46. The molecule has 0 bridgehead atoms. The van der Waals surface area contributed by atoms with Gasteiger partial charge in [-0.15, -0.1) is 0 Å². The first-order valence-electron chi connectivity index (χ1n) is 11.6. The second-order valence-electron chi connectivity index (χ2n) is 8.58. The molecule has 1 aliphatic carbocycles. The van der Waals surface area contributed by atoms with Crippen LogP contribution in [0.25, 0.3) is 0 Å². The normalized spacial score (nSPS) is 18.5. The minimum atomic E-state index is -3.88. The van der Waals surface area contributed by atoms with Gasteiger partial charge in [-0.25, -0.2) is 13.2 Å². The lowest BCUT2D eigenvalue weighted by atomic mass is 9.89. The third-order valence-corrected chi connectivity index (χ3v) is 8.39. The van der Waals surface area contributed by atoms with Crippen molar-refractivity contribution in [3.05, 3.63) is 29.8 Å². The Kier molecular flexibility index (Phi) is 8.85. The van der Waals surface area contributed by atoms with E-state index < -0.39 is 16.0 Å². The number of carbonyl (C=O) groups excluding carboxylic acids is 3. The minimum absolute atomic E-state index is 0.00450. The van der Waals surface area contributed by atoms with Crippen LogP contribution >= 0.6 is 0 Å². The van der Waals surface area contributed by atoms with Gasteiger partial charge in [0.2, 0.25) is 21.8 Å². The number of nitrogens with one attached hydrogen (secondary N) is 2. The number of benzene rings is 1. The van der Waals surface area contributed by atoms with Crippen molar-refractivity contribution in [2.45, 2.75) is 49.8 Å². The van der Waals surface area contributed by atoms with Crippen LogP contribution < -0.4 is 10.6 Å². The molecule has 0 atom stereocenters. The second kappa shape index (κ2) is 11.6. The van der Waals surface area contributed by atoms with Crippen molar-refractivity contribution in [2.75, 3.05) is 33.3 Å². The number of carbonyl (C=O) groups is 3. The summed E-state index contributed by atoms with van der Waals surface area (Å²) in [5.74, 6) is -0.978. The molecule has 0 aromatic heterocycles. The summed E-state index contributed by atoms with van der Waals surface area (Å²) in [7, 11) is -2.68. The first-order valence-corrected chi connectivity index (χ1v) is 13.0. The number of hydrogen-bond donors (Lipinski definition) is 2. The number of hydrogen-bond acceptors (Lipinski definition) is 6. The van der Waals surface area contributed by atoms with Crippen molar-refractivity contribution < 1.29 is 27.5 Å². The van der Waals surface area contributed by atoms with Gasteiger partial charge in [-0.2, -0.15) is 4.31 Å². The van der Waals surface area contributed by atoms with E-state index in [4.69, 9.17) is 4.74 Å². The van der Waals surface area contributed by atoms with Crippen LogP contribution in [0.2, 0.25) is 0 Å². The second-order valence-corrected chi connectivity index (χ2v) is 10.5. The van der Waals surface area contributed by atoms with Gasteiger partial charge >= 0.3 is 5.97 Å². The van der Waals surface area contributed by atoms with Crippen molar-refractivity contribution in [3.63, 3.8) is 0 Å². The van der Waals surface area contributed by atoms with E-state index in [2.05, 4.69) is 10.6 Å². The van der Waals surface area contributed by atoms with Gasteiger partial charge in [-0.3, -0.25) is 9.59 Å². The molecule has 182 valence electrons. The lowest BCUT2D eigenvalue weighted by Gasteiger charge is -2.31. The Morgan fingerprint density at radius 3 is 2.03 bits per heavy atom. The molecule has 1 aromatic rings. The lowest BCUT2D eigenvalue weighted by molar-refractivity contribution is -0.127. The quantitative estimate of drug-likeness (QED) is 0.432. The first kappa shape index (κ1) is 25.2. The van der Waals surface area contributed by atoms with Gasteiger partial charge in [0, 0.05) is 38.0 Å². The highest BCUT2D eigenvalue weighted by Gasteiger charge is 2.34. The number of methoxy groups -OCH3 is 1. The van der Waals surface area contributed by atoms with Gasteiger partial charge < -0.3 is 15.4 Å². The molecule has 1 saturated heterocycles. The highest BCUT2D eigenvalue weighted by molar-refractivity contribution is 7.89. The summed E-state index contributed by atoms with van der Waals surface area (Å²) >= 11 is 0. The fraction of sp³-hybridized carbons (Fsp3) is 0.609. The molecular weight excluding hydrogens is 446 g/mol.